The van der Waals surface area contributed by atoms with E-state index in [1.165, 1.54) is 24.0 Å². The monoisotopic (exact) mass is 364 g/mol. The van der Waals surface area contributed by atoms with E-state index in [0.717, 1.165) is 29.3 Å². The summed E-state index contributed by atoms with van der Waals surface area (Å²) >= 11 is 3.57. The number of aryl methyl sites for hydroxylation is 1. The topological polar surface area (TPSA) is 75.2 Å². The normalized spacial score (nSPS) is 14.3. The quantitative estimate of drug-likeness (QED) is 0.811. The number of nitrogens with one attached hydrogen (secondary N) is 1. The van der Waals surface area contributed by atoms with Crippen LogP contribution >= 0.6 is 15.9 Å². The van der Waals surface area contributed by atoms with Crippen LogP contribution in [0.3, 0.4) is 0 Å². The van der Waals surface area contributed by atoms with Crippen LogP contribution in [-0.4, -0.2) is 28.4 Å². The number of aromatic carboxylic acids is 1. The molecule has 0 radical (unpaired) electrons. The van der Waals surface area contributed by atoms with E-state index in [9.17, 15) is 4.79 Å². The maximum absolute atomic E-state index is 11.1. The Morgan fingerprint density at radius 2 is 2.09 bits per heavy atom. The minimum atomic E-state index is -1.01. The Labute approximate surface area is 136 Å². The summed E-state index contributed by atoms with van der Waals surface area (Å²) in [6, 6.07) is 3.69. The fourth-order valence-corrected chi connectivity index (χ4v) is 3.69. The van der Waals surface area contributed by atoms with Gasteiger partial charge in [-0.1, -0.05) is 6.42 Å². The molecule has 1 heterocycles. The molecule has 0 unspecified atom stereocenters. The van der Waals surface area contributed by atoms with Gasteiger partial charge in [-0.25, -0.2) is 4.79 Å². The van der Waals surface area contributed by atoms with Gasteiger partial charge in [-0.3, -0.25) is 5.10 Å². The van der Waals surface area contributed by atoms with Crippen molar-refractivity contribution in [3.8, 4) is 17.0 Å². The first kappa shape index (κ1) is 15.1. The van der Waals surface area contributed by atoms with E-state index in [4.69, 9.17) is 9.84 Å². The number of nitrogens with zero attached hydrogens (tertiary/aromatic N) is 1. The number of ether oxygens (including phenoxy) is 1. The number of halogens is 1. The third-order valence-corrected chi connectivity index (χ3v) is 4.66. The Bertz CT molecular complexity index is 724. The van der Waals surface area contributed by atoms with Gasteiger partial charge in [-0.05, 0) is 64.9 Å². The molecule has 2 aromatic rings. The maximum atomic E-state index is 11.1. The minimum Gasteiger partial charge on any atom is -0.495 e. The molecular weight excluding hydrogens is 348 g/mol. The fraction of sp³-hybridized carbons (Fsp3) is 0.375. The molecule has 0 aliphatic heterocycles. The number of carboxylic acid groups (broad SMARTS) is 1. The van der Waals surface area contributed by atoms with Crippen LogP contribution < -0.4 is 4.74 Å². The van der Waals surface area contributed by atoms with Gasteiger partial charge in [0.1, 0.15) is 11.4 Å². The molecule has 1 aliphatic carbocycles. The Morgan fingerprint density at radius 3 is 2.77 bits per heavy atom. The number of hydrogen-bond donors (Lipinski definition) is 2. The summed E-state index contributed by atoms with van der Waals surface area (Å²) in [6.07, 6.45) is 5.49. The molecule has 0 atom stereocenters. The van der Waals surface area contributed by atoms with Gasteiger partial charge in [-0.2, -0.15) is 5.10 Å². The van der Waals surface area contributed by atoms with Crippen LogP contribution in [0.15, 0.2) is 16.6 Å². The first-order valence-electron chi connectivity index (χ1n) is 7.29. The summed E-state index contributed by atoms with van der Waals surface area (Å²) in [5.74, 6) is -0.303. The highest BCUT2D eigenvalue weighted by Gasteiger charge is 2.23. The predicted octanol–water partition coefficient (Wildman–Crippen LogP) is 3.81. The van der Waals surface area contributed by atoms with Crippen molar-refractivity contribution < 1.29 is 14.6 Å². The maximum Gasteiger partial charge on any atom is 0.353 e. The van der Waals surface area contributed by atoms with E-state index in [1.54, 1.807) is 13.2 Å². The molecular formula is C16H17BrN2O3. The van der Waals surface area contributed by atoms with Crippen molar-refractivity contribution in [1.29, 1.82) is 0 Å². The van der Waals surface area contributed by atoms with Crippen LogP contribution in [0.2, 0.25) is 0 Å². The molecule has 0 fully saturated rings. The molecule has 1 aliphatic rings. The van der Waals surface area contributed by atoms with Gasteiger partial charge in [0, 0.05) is 5.56 Å². The predicted molar refractivity (Wildman–Crippen MR) is 86.5 cm³/mol. The Kier molecular flexibility index (Phi) is 4.20. The van der Waals surface area contributed by atoms with Gasteiger partial charge in [0.2, 0.25) is 0 Å². The van der Waals surface area contributed by atoms with Crippen molar-refractivity contribution in [3.05, 3.63) is 33.4 Å². The number of carboxylic acids is 1. The lowest BCUT2D eigenvalue weighted by Crippen LogP contribution is -2.00. The van der Waals surface area contributed by atoms with Crippen LogP contribution in [0.4, 0.5) is 0 Å². The zero-order valence-electron chi connectivity index (χ0n) is 12.3. The van der Waals surface area contributed by atoms with E-state index in [1.807, 2.05) is 0 Å². The summed E-state index contributed by atoms with van der Waals surface area (Å²) < 4.78 is 6.44. The zero-order chi connectivity index (χ0) is 15.7. The summed E-state index contributed by atoms with van der Waals surface area (Å²) in [5.41, 5.74) is 4.12. The van der Waals surface area contributed by atoms with Gasteiger partial charge in [0.25, 0.3) is 0 Å². The molecule has 0 bridgehead atoms. The highest BCUT2D eigenvalue weighted by Crippen LogP contribution is 2.42. The lowest BCUT2D eigenvalue weighted by molar-refractivity contribution is 0.0690. The average molecular weight is 365 g/mol. The zero-order valence-corrected chi connectivity index (χ0v) is 13.9. The van der Waals surface area contributed by atoms with Gasteiger partial charge in [0.05, 0.1) is 17.3 Å². The molecule has 0 saturated carbocycles. The number of hydrogen-bond acceptors (Lipinski definition) is 3. The van der Waals surface area contributed by atoms with Crippen molar-refractivity contribution in [3.63, 3.8) is 0 Å². The third kappa shape index (κ3) is 2.63. The van der Waals surface area contributed by atoms with E-state index in [0.29, 0.717) is 11.4 Å². The van der Waals surface area contributed by atoms with Crippen LogP contribution in [0.1, 0.15) is 40.9 Å². The van der Waals surface area contributed by atoms with Crippen molar-refractivity contribution in [2.75, 3.05) is 7.11 Å². The molecule has 1 aromatic carbocycles. The molecule has 5 nitrogen and oxygen atoms in total. The molecule has 0 spiro atoms. The lowest BCUT2D eigenvalue weighted by atomic mass is 9.94. The standard InChI is InChI=1S/C16H17BrN2O3/c1-22-15-11(17)7-9-5-3-2-4-6-10(9)14(15)12-8-13(16(20)21)19-18-12/h7-8H,2-6H2,1H3,(H,18,19)(H,20,21). The number of rotatable bonds is 3. The smallest absolute Gasteiger partial charge is 0.353 e. The number of H-pyrrole nitrogens is 1. The first-order valence-corrected chi connectivity index (χ1v) is 8.08. The van der Waals surface area contributed by atoms with E-state index in [-0.39, 0.29) is 5.69 Å². The molecule has 116 valence electrons. The van der Waals surface area contributed by atoms with E-state index < -0.39 is 5.97 Å². The second-order valence-electron chi connectivity index (χ2n) is 5.44. The van der Waals surface area contributed by atoms with Gasteiger partial charge in [-0.15, -0.1) is 0 Å². The van der Waals surface area contributed by atoms with Crippen LogP contribution in [-0.2, 0) is 12.8 Å². The summed E-state index contributed by atoms with van der Waals surface area (Å²) in [4.78, 5) is 11.1. The fourth-order valence-electron chi connectivity index (χ4n) is 3.06. The third-order valence-electron chi connectivity index (χ3n) is 4.08. The summed E-state index contributed by atoms with van der Waals surface area (Å²) in [6.45, 7) is 0. The number of methoxy groups -OCH3 is 1. The Morgan fingerprint density at radius 1 is 1.32 bits per heavy atom. The second-order valence-corrected chi connectivity index (χ2v) is 6.29. The van der Waals surface area contributed by atoms with Gasteiger partial charge >= 0.3 is 5.97 Å². The number of aromatic nitrogens is 2. The lowest BCUT2D eigenvalue weighted by Gasteiger charge is -2.17. The average Bonchev–Trinajstić information content (AvgIpc) is 2.86. The first-order chi connectivity index (χ1) is 10.6. The van der Waals surface area contributed by atoms with Crippen molar-refractivity contribution >= 4 is 21.9 Å². The van der Waals surface area contributed by atoms with E-state index in [2.05, 4.69) is 32.2 Å². The Balaban J connectivity index is 2.22. The van der Waals surface area contributed by atoms with Crippen molar-refractivity contribution in [2.24, 2.45) is 0 Å². The highest BCUT2D eigenvalue weighted by molar-refractivity contribution is 9.10. The highest BCUT2D eigenvalue weighted by atomic mass is 79.9. The van der Waals surface area contributed by atoms with Crippen LogP contribution in [0.25, 0.3) is 11.3 Å². The van der Waals surface area contributed by atoms with Crippen LogP contribution in [0.5, 0.6) is 5.75 Å². The molecule has 6 heteroatoms. The second kappa shape index (κ2) is 6.12. The molecule has 0 amide bonds. The molecule has 2 N–H and O–H groups in total. The van der Waals surface area contributed by atoms with Crippen LogP contribution in [0, 0.1) is 0 Å². The van der Waals surface area contributed by atoms with Gasteiger partial charge < -0.3 is 9.84 Å². The molecule has 3 rings (SSSR count). The summed E-state index contributed by atoms with van der Waals surface area (Å²) in [7, 11) is 1.62. The molecule has 0 saturated heterocycles. The molecule has 22 heavy (non-hydrogen) atoms. The molecule has 1 aromatic heterocycles. The minimum absolute atomic E-state index is 0.0828. The SMILES string of the molecule is COc1c(Br)cc2c(c1-c1cc(C(=O)O)[nH]n1)CCCCC2. The number of benzene rings is 1. The van der Waals surface area contributed by atoms with Crippen molar-refractivity contribution in [2.45, 2.75) is 32.1 Å². The number of carbonyl (C=O) groups is 1. The largest absolute Gasteiger partial charge is 0.495 e. The summed E-state index contributed by atoms with van der Waals surface area (Å²) in [5, 5.41) is 15.9. The Hall–Kier alpha value is -1.82. The number of aromatic amines is 1. The number of fused-ring (bicyclic) bond motifs is 1. The van der Waals surface area contributed by atoms with Crippen molar-refractivity contribution in [1.82, 2.24) is 10.2 Å². The van der Waals surface area contributed by atoms with E-state index >= 15 is 0 Å². The van der Waals surface area contributed by atoms with Gasteiger partial charge in [0.15, 0.2) is 0 Å².